The maximum absolute atomic E-state index is 13.0. The van der Waals surface area contributed by atoms with Gasteiger partial charge in [0.05, 0.1) is 5.92 Å². The van der Waals surface area contributed by atoms with E-state index >= 15 is 0 Å². The van der Waals surface area contributed by atoms with Crippen molar-refractivity contribution >= 4 is 23.8 Å². The Kier molecular flexibility index (Phi) is 4.94. The lowest BCUT2D eigenvalue weighted by Gasteiger charge is -2.38. The fourth-order valence-electron chi connectivity index (χ4n) is 4.69. The molecule has 2 unspecified atom stereocenters. The molecule has 8 heteroatoms. The van der Waals surface area contributed by atoms with E-state index in [0.717, 1.165) is 24.2 Å². The van der Waals surface area contributed by atoms with Crippen molar-refractivity contribution < 1.29 is 24.3 Å². The van der Waals surface area contributed by atoms with Crippen LogP contribution < -0.4 is 5.32 Å². The van der Waals surface area contributed by atoms with E-state index in [1.807, 2.05) is 6.92 Å². The molecule has 2 heterocycles. The first-order valence-electron chi connectivity index (χ1n) is 9.44. The first kappa shape index (κ1) is 18.7. The molecule has 0 aromatic rings. The number of nitrogens with zero attached hydrogens (tertiary/aromatic N) is 2. The first-order chi connectivity index (χ1) is 12.3. The molecule has 2 aliphatic heterocycles. The minimum absolute atomic E-state index is 0.0399. The number of hydrogen-bond acceptors (Lipinski definition) is 4. The molecule has 1 spiro atoms. The van der Waals surface area contributed by atoms with E-state index in [1.165, 1.54) is 4.90 Å². The van der Waals surface area contributed by atoms with Gasteiger partial charge in [0, 0.05) is 12.6 Å². The molecule has 3 aliphatic rings. The third-order valence-corrected chi connectivity index (χ3v) is 6.42. The summed E-state index contributed by atoms with van der Waals surface area (Å²) in [6.07, 6.45) is 4.52. The van der Waals surface area contributed by atoms with Crippen LogP contribution in [0.3, 0.4) is 0 Å². The van der Waals surface area contributed by atoms with Gasteiger partial charge in [-0.25, -0.2) is 4.79 Å². The van der Waals surface area contributed by atoms with E-state index in [-0.39, 0.29) is 24.3 Å². The molecule has 0 aromatic heterocycles. The quantitative estimate of drug-likeness (QED) is 0.731. The number of amides is 4. The van der Waals surface area contributed by atoms with Gasteiger partial charge in [0.15, 0.2) is 0 Å². The van der Waals surface area contributed by atoms with Gasteiger partial charge in [-0.3, -0.25) is 19.3 Å². The lowest BCUT2D eigenvalue weighted by Crippen LogP contribution is -2.55. The van der Waals surface area contributed by atoms with Gasteiger partial charge in [-0.1, -0.05) is 19.8 Å². The number of carbonyl (C=O) groups excluding carboxylic acids is 3. The summed E-state index contributed by atoms with van der Waals surface area (Å²) in [5.41, 5.74) is -0.882. The molecule has 8 nitrogen and oxygen atoms in total. The highest BCUT2D eigenvalue weighted by molar-refractivity contribution is 6.09. The van der Waals surface area contributed by atoms with Crippen LogP contribution in [0.25, 0.3) is 0 Å². The van der Waals surface area contributed by atoms with Gasteiger partial charge in [0.1, 0.15) is 12.1 Å². The highest BCUT2D eigenvalue weighted by Gasteiger charge is 2.55. The van der Waals surface area contributed by atoms with Gasteiger partial charge in [0.2, 0.25) is 5.91 Å². The molecule has 1 aliphatic carbocycles. The molecule has 4 amide bonds. The fraction of sp³-hybridized carbons (Fsp3) is 0.778. The van der Waals surface area contributed by atoms with Crippen molar-refractivity contribution in [3.05, 3.63) is 0 Å². The van der Waals surface area contributed by atoms with E-state index in [4.69, 9.17) is 0 Å². The molecule has 0 aromatic carbocycles. The Morgan fingerprint density at radius 2 is 1.92 bits per heavy atom. The molecule has 144 valence electrons. The van der Waals surface area contributed by atoms with E-state index in [9.17, 15) is 24.3 Å². The lowest BCUT2D eigenvalue weighted by molar-refractivity contribution is -0.150. The van der Waals surface area contributed by atoms with Crippen LogP contribution in [0.15, 0.2) is 0 Å². The number of carboxylic acids is 1. The SMILES string of the molecule is CC1CCCCC12NC(=O)N(CC(=O)N1CCC[C@H](C(=O)O)[C@@H]1C)C2=O. The zero-order valence-corrected chi connectivity index (χ0v) is 15.4. The second-order valence-electron chi connectivity index (χ2n) is 7.85. The highest BCUT2D eigenvalue weighted by Crippen LogP contribution is 2.38. The number of carbonyl (C=O) groups is 4. The van der Waals surface area contributed by atoms with Gasteiger partial charge < -0.3 is 15.3 Å². The summed E-state index contributed by atoms with van der Waals surface area (Å²) in [6, 6.07) is -0.964. The largest absolute Gasteiger partial charge is 0.481 e. The third kappa shape index (κ3) is 2.95. The Morgan fingerprint density at radius 1 is 1.19 bits per heavy atom. The van der Waals surface area contributed by atoms with Crippen LogP contribution in [0.5, 0.6) is 0 Å². The number of aliphatic carboxylic acids is 1. The van der Waals surface area contributed by atoms with Gasteiger partial charge in [-0.05, 0) is 38.5 Å². The maximum Gasteiger partial charge on any atom is 0.325 e. The molecular formula is C18H27N3O5. The second kappa shape index (κ2) is 6.89. The van der Waals surface area contributed by atoms with Gasteiger partial charge in [0.25, 0.3) is 5.91 Å². The standard InChI is InChI=1S/C18H27N3O5/c1-11-6-3-4-8-18(11)16(25)21(17(26)19-18)10-14(22)20-9-5-7-13(12(20)2)15(23)24/h11-13H,3-10H2,1-2H3,(H,19,26)(H,23,24)/t11?,12-,13-,18?/m0/s1. The van der Waals surface area contributed by atoms with Crippen molar-refractivity contribution in [2.75, 3.05) is 13.1 Å². The Bertz CT molecular complexity index is 636. The third-order valence-electron chi connectivity index (χ3n) is 6.42. The molecule has 1 saturated carbocycles. The van der Waals surface area contributed by atoms with E-state index in [0.29, 0.717) is 25.8 Å². The van der Waals surface area contributed by atoms with Crippen LogP contribution in [-0.4, -0.2) is 63.4 Å². The molecule has 2 saturated heterocycles. The first-order valence-corrected chi connectivity index (χ1v) is 9.44. The van der Waals surface area contributed by atoms with Crippen LogP contribution in [0.4, 0.5) is 4.79 Å². The average molecular weight is 365 g/mol. The molecule has 3 fully saturated rings. The van der Waals surface area contributed by atoms with Crippen molar-refractivity contribution in [1.82, 2.24) is 15.1 Å². The minimum Gasteiger partial charge on any atom is -0.481 e. The highest BCUT2D eigenvalue weighted by atomic mass is 16.4. The van der Waals surface area contributed by atoms with Crippen LogP contribution in [-0.2, 0) is 14.4 Å². The topological polar surface area (TPSA) is 107 Å². The number of piperidine rings is 1. The number of urea groups is 1. The minimum atomic E-state index is -0.917. The Labute approximate surface area is 152 Å². The van der Waals surface area contributed by atoms with Crippen LogP contribution >= 0.6 is 0 Å². The van der Waals surface area contributed by atoms with Crippen LogP contribution in [0, 0.1) is 11.8 Å². The monoisotopic (exact) mass is 365 g/mol. The Morgan fingerprint density at radius 3 is 2.58 bits per heavy atom. The van der Waals surface area contributed by atoms with Gasteiger partial charge in [-0.2, -0.15) is 0 Å². The van der Waals surface area contributed by atoms with Crippen molar-refractivity contribution in [2.24, 2.45) is 11.8 Å². The van der Waals surface area contributed by atoms with Gasteiger partial charge >= 0.3 is 12.0 Å². The van der Waals surface area contributed by atoms with Crippen LogP contribution in [0.1, 0.15) is 52.4 Å². The predicted molar refractivity (Wildman–Crippen MR) is 92.1 cm³/mol. The summed E-state index contributed by atoms with van der Waals surface area (Å²) in [7, 11) is 0. The zero-order valence-electron chi connectivity index (χ0n) is 15.4. The normalized spacial score (nSPS) is 34.9. The van der Waals surface area contributed by atoms with E-state index in [2.05, 4.69) is 5.32 Å². The molecule has 3 rings (SSSR count). The summed E-state index contributed by atoms with van der Waals surface area (Å²) in [5.74, 6) is -2.17. The van der Waals surface area contributed by atoms with Crippen molar-refractivity contribution in [3.63, 3.8) is 0 Å². The lowest BCUT2D eigenvalue weighted by atomic mass is 9.73. The summed E-state index contributed by atoms with van der Waals surface area (Å²) in [5, 5.41) is 12.1. The maximum atomic E-state index is 13.0. The van der Waals surface area contributed by atoms with Crippen molar-refractivity contribution in [1.29, 1.82) is 0 Å². The summed E-state index contributed by atoms with van der Waals surface area (Å²) in [4.78, 5) is 52.0. The molecule has 0 radical (unpaired) electrons. The molecular weight excluding hydrogens is 338 g/mol. The van der Waals surface area contributed by atoms with E-state index < -0.39 is 29.5 Å². The van der Waals surface area contributed by atoms with E-state index in [1.54, 1.807) is 6.92 Å². The number of likely N-dealkylation sites (tertiary alicyclic amines) is 1. The van der Waals surface area contributed by atoms with Gasteiger partial charge in [-0.15, -0.1) is 0 Å². The summed E-state index contributed by atoms with van der Waals surface area (Å²) >= 11 is 0. The second-order valence-corrected chi connectivity index (χ2v) is 7.85. The van der Waals surface area contributed by atoms with Crippen LogP contribution in [0.2, 0.25) is 0 Å². The number of carboxylic acid groups (broad SMARTS) is 1. The van der Waals surface area contributed by atoms with Crippen molar-refractivity contribution in [3.8, 4) is 0 Å². The number of rotatable bonds is 3. The Balaban J connectivity index is 1.72. The van der Waals surface area contributed by atoms with Crippen molar-refractivity contribution in [2.45, 2.75) is 64.0 Å². The summed E-state index contributed by atoms with van der Waals surface area (Å²) in [6.45, 7) is 3.81. The summed E-state index contributed by atoms with van der Waals surface area (Å²) < 4.78 is 0. The predicted octanol–water partition coefficient (Wildman–Crippen LogP) is 1.20. The number of nitrogens with one attached hydrogen (secondary N) is 1. The molecule has 26 heavy (non-hydrogen) atoms. The average Bonchev–Trinajstić information content (AvgIpc) is 2.82. The molecule has 4 atom stereocenters. The molecule has 2 N–H and O–H groups in total. The molecule has 0 bridgehead atoms. The number of hydrogen-bond donors (Lipinski definition) is 2. The zero-order chi connectivity index (χ0) is 19.1. The number of imide groups is 1. The Hall–Kier alpha value is -2.12. The smallest absolute Gasteiger partial charge is 0.325 e. The fourth-order valence-corrected chi connectivity index (χ4v) is 4.69.